The van der Waals surface area contributed by atoms with Gasteiger partial charge < -0.3 is 5.32 Å². The number of benzene rings is 2. The highest BCUT2D eigenvalue weighted by molar-refractivity contribution is 7.97. The van der Waals surface area contributed by atoms with E-state index in [2.05, 4.69) is 14.8 Å². The molecule has 22 heavy (non-hydrogen) atoms. The number of fused-ring (bicyclic) bond motifs is 1. The van der Waals surface area contributed by atoms with Crippen LogP contribution in [0.15, 0.2) is 52.3 Å². The minimum Gasteiger partial charge on any atom is -0.371 e. The van der Waals surface area contributed by atoms with Gasteiger partial charge in [-0.1, -0.05) is 12.1 Å². The van der Waals surface area contributed by atoms with E-state index in [0.29, 0.717) is 12.2 Å². The van der Waals surface area contributed by atoms with Crippen molar-refractivity contribution in [3.05, 3.63) is 53.8 Å². The lowest BCUT2D eigenvalue weighted by atomic mass is 10.2. The van der Waals surface area contributed by atoms with Gasteiger partial charge >= 0.3 is 0 Å². The molecule has 0 aliphatic carbocycles. The molecular weight excluding hydrogens is 325 g/mol. The minimum atomic E-state index is -3.61. The second-order valence-corrected chi connectivity index (χ2v) is 7.41. The second kappa shape index (κ2) is 6.25. The maximum atomic E-state index is 12.8. The number of sulfonamides is 1. The summed E-state index contributed by atoms with van der Waals surface area (Å²) < 4.78 is 43.0. The maximum Gasteiger partial charge on any atom is 0.240 e. The fraction of sp³-hybridized carbons (Fsp3) is 0.143. The summed E-state index contributed by atoms with van der Waals surface area (Å²) in [6.45, 7) is 0.746. The molecule has 8 heteroatoms. The van der Waals surface area contributed by atoms with Crippen LogP contribution in [0, 0.1) is 5.82 Å². The van der Waals surface area contributed by atoms with Crippen LogP contribution >= 0.6 is 11.9 Å². The molecule has 1 heterocycles. The van der Waals surface area contributed by atoms with Crippen LogP contribution in [0.3, 0.4) is 0 Å². The van der Waals surface area contributed by atoms with Gasteiger partial charge in [0.05, 0.1) is 17.3 Å². The zero-order valence-electron chi connectivity index (χ0n) is 11.5. The normalized spacial score (nSPS) is 14.2. The highest BCUT2D eigenvalue weighted by atomic mass is 32.2. The van der Waals surface area contributed by atoms with Gasteiger partial charge in [0, 0.05) is 11.4 Å². The zero-order chi connectivity index (χ0) is 15.6. The van der Waals surface area contributed by atoms with Gasteiger partial charge in [-0.3, -0.25) is 0 Å². The molecule has 1 aliphatic heterocycles. The lowest BCUT2D eigenvalue weighted by Gasteiger charge is -2.18. The summed E-state index contributed by atoms with van der Waals surface area (Å²) in [6, 6.07) is 10.6. The van der Waals surface area contributed by atoms with Gasteiger partial charge in [-0.25, -0.2) is 22.3 Å². The van der Waals surface area contributed by atoms with Gasteiger partial charge in [-0.2, -0.15) is 0 Å². The molecule has 0 fully saturated rings. The average Bonchev–Trinajstić information content (AvgIpc) is 2.54. The SMILES string of the molecule is O=S(=O)(NCc1ccc(F)cc1)c1ccc2c(c1)SNCN2. The smallest absolute Gasteiger partial charge is 0.240 e. The summed E-state index contributed by atoms with van der Waals surface area (Å²) in [5.74, 6) is -0.349. The van der Waals surface area contributed by atoms with Crippen molar-refractivity contribution in [2.75, 3.05) is 12.0 Å². The molecule has 0 bridgehead atoms. The second-order valence-electron chi connectivity index (χ2n) is 4.71. The summed E-state index contributed by atoms with van der Waals surface area (Å²) in [5.41, 5.74) is 1.60. The fourth-order valence-corrected chi connectivity index (χ4v) is 3.86. The number of anilines is 1. The van der Waals surface area contributed by atoms with Gasteiger partial charge in [-0.15, -0.1) is 0 Å². The third-order valence-corrected chi connectivity index (χ3v) is 5.42. The molecule has 0 unspecified atom stereocenters. The Morgan fingerprint density at radius 3 is 2.73 bits per heavy atom. The lowest BCUT2D eigenvalue weighted by Crippen LogP contribution is -2.24. The molecule has 1 aliphatic rings. The van der Waals surface area contributed by atoms with Gasteiger partial charge in [0.15, 0.2) is 0 Å². The van der Waals surface area contributed by atoms with Crippen molar-refractivity contribution >= 4 is 27.7 Å². The van der Waals surface area contributed by atoms with E-state index < -0.39 is 10.0 Å². The van der Waals surface area contributed by atoms with Crippen LogP contribution in [0.2, 0.25) is 0 Å². The quantitative estimate of drug-likeness (QED) is 0.746. The summed E-state index contributed by atoms with van der Waals surface area (Å²) in [4.78, 5) is 1.03. The van der Waals surface area contributed by atoms with E-state index in [0.717, 1.165) is 10.6 Å². The van der Waals surface area contributed by atoms with Crippen LogP contribution in [0.4, 0.5) is 10.1 Å². The fourth-order valence-electron chi connectivity index (χ4n) is 2.01. The van der Waals surface area contributed by atoms with Crippen LogP contribution in [0.25, 0.3) is 0 Å². The third-order valence-electron chi connectivity index (χ3n) is 3.18. The number of rotatable bonds is 4. The molecule has 116 valence electrons. The van der Waals surface area contributed by atoms with Crippen LogP contribution < -0.4 is 14.8 Å². The van der Waals surface area contributed by atoms with E-state index in [9.17, 15) is 12.8 Å². The van der Waals surface area contributed by atoms with Gasteiger partial charge in [0.2, 0.25) is 10.0 Å². The Hall–Kier alpha value is -1.61. The number of halogens is 1. The highest BCUT2D eigenvalue weighted by Gasteiger charge is 2.17. The van der Waals surface area contributed by atoms with Crippen LogP contribution in [0.5, 0.6) is 0 Å². The van der Waals surface area contributed by atoms with Gasteiger partial charge in [0.25, 0.3) is 0 Å². The van der Waals surface area contributed by atoms with Crippen LogP contribution in [-0.2, 0) is 16.6 Å². The Morgan fingerprint density at radius 2 is 1.95 bits per heavy atom. The largest absolute Gasteiger partial charge is 0.371 e. The summed E-state index contributed by atoms with van der Waals surface area (Å²) in [6.07, 6.45) is 0. The first-order valence-corrected chi connectivity index (χ1v) is 8.86. The Kier molecular flexibility index (Phi) is 4.34. The molecule has 3 rings (SSSR count). The predicted molar refractivity (Wildman–Crippen MR) is 84.3 cm³/mol. The monoisotopic (exact) mass is 339 g/mol. The number of nitrogens with one attached hydrogen (secondary N) is 3. The first kappa shape index (κ1) is 15.3. The van der Waals surface area contributed by atoms with Crippen molar-refractivity contribution in [1.82, 2.24) is 9.44 Å². The summed E-state index contributed by atoms with van der Waals surface area (Å²) in [7, 11) is -3.61. The van der Waals surface area contributed by atoms with Crippen LogP contribution in [0.1, 0.15) is 5.56 Å². The maximum absolute atomic E-state index is 12.8. The number of hydrogen-bond donors (Lipinski definition) is 3. The molecule has 0 radical (unpaired) electrons. The molecule has 0 amide bonds. The summed E-state index contributed by atoms with van der Waals surface area (Å²) in [5, 5.41) is 3.12. The molecule has 0 aromatic heterocycles. The Bertz CT molecular complexity index is 779. The van der Waals surface area contributed by atoms with E-state index in [1.165, 1.54) is 24.1 Å². The predicted octanol–water partition coefficient (Wildman–Crippen LogP) is 2.28. The highest BCUT2D eigenvalue weighted by Crippen LogP contribution is 2.30. The Balaban J connectivity index is 1.76. The Labute approximate surface area is 132 Å². The Morgan fingerprint density at radius 1 is 1.18 bits per heavy atom. The average molecular weight is 339 g/mol. The molecular formula is C14H14FN3O2S2. The third kappa shape index (κ3) is 3.41. The van der Waals surface area contributed by atoms with E-state index in [1.54, 1.807) is 30.3 Å². The minimum absolute atomic E-state index is 0.114. The van der Waals surface area contributed by atoms with Crippen LogP contribution in [-0.4, -0.2) is 15.1 Å². The van der Waals surface area contributed by atoms with E-state index in [1.807, 2.05) is 0 Å². The molecule has 0 spiro atoms. The van der Waals surface area contributed by atoms with E-state index in [4.69, 9.17) is 0 Å². The van der Waals surface area contributed by atoms with Gasteiger partial charge in [0.1, 0.15) is 5.82 Å². The molecule has 2 aromatic rings. The lowest BCUT2D eigenvalue weighted by molar-refractivity contribution is 0.581. The topological polar surface area (TPSA) is 70.2 Å². The van der Waals surface area contributed by atoms with E-state index in [-0.39, 0.29) is 17.3 Å². The molecule has 0 atom stereocenters. The molecule has 5 nitrogen and oxygen atoms in total. The van der Waals surface area contributed by atoms with Crippen molar-refractivity contribution < 1.29 is 12.8 Å². The van der Waals surface area contributed by atoms with Crippen molar-refractivity contribution in [3.8, 4) is 0 Å². The van der Waals surface area contributed by atoms with E-state index >= 15 is 0 Å². The first-order chi connectivity index (χ1) is 10.5. The molecule has 3 N–H and O–H groups in total. The van der Waals surface area contributed by atoms with Crippen molar-refractivity contribution in [2.45, 2.75) is 16.3 Å². The molecule has 0 saturated carbocycles. The first-order valence-electron chi connectivity index (χ1n) is 6.56. The standard InChI is InChI=1S/C14H14FN3O2S2/c15-11-3-1-10(2-4-11)8-18-22(19,20)12-5-6-13-14(7-12)21-17-9-16-13/h1-7,16-18H,8-9H2. The van der Waals surface area contributed by atoms with Crippen molar-refractivity contribution in [3.63, 3.8) is 0 Å². The van der Waals surface area contributed by atoms with Crippen molar-refractivity contribution in [1.29, 1.82) is 0 Å². The van der Waals surface area contributed by atoms with Crippen molar-refractivity contribution in [2.24, 2.45) is 0 Å². The number of hydrogen-bond acceptors (Lipinski definition) is 5. The molecule has 2 aromatic carbocycles. The molecule has 0 saturated heterocycles. The zero-order valence-corrected chi connectivity index (χ0v) is 13.1. The summed E-state index contributed by atoms with van der Waals surface area (Å²) >= 11 is 1.39. The van der Waals surface area contributed by atoms with Gasteiger partial charge in [-0.05, 0) is 47.8 Å².